The zero-order valence-corrected chi connectivity index (χ0v) is 32.0. The van der Waals surface area contributed by atoms with Gasteiger partial charge in [0.25, 0.3) is 0 Å². The molecule has 61 heavy (non-hydrogen) atoms. The third kappa shape index (κ3) is 5.87. The van der Waals surface area contributed by atoms with Crippen LogP contribution in [0.2, 0.25) is 0 Å². The summed E-state index contributed by atoms with van der Waals surface area (Å²) in [5.41, 5.74) is 6.95. The Labute approximate surface area is 344 Å². The molecule has 7 heteroatoms. The Morgan fingerprint density at radius 2 is 0.639 bits per heavy atom. The highest BCUT2D eigenvalue weighted by atomic mass is 19.4. The van der Waals surface area contributed by atoms with E-state index in [1.54, 1.807) is 24.3 Å². The van der Waals surface area contributed by atoms with Crippen molar-refractivity contribution in [1.82, 2.24) is 0 Å². The lowest BCUT2D eigenvalue weighted by atomic mass is 9.85. The summed E-state index contributed by atoms with van der Waals surface area (Å²) in [6.07, 6.45) is -8.88. The van der Waals surface area contributed by atoms with Gasteiger partial charge in [0.05, 0.1) is 11.1 Å². The molecule has 0 amide bonds. The largest absolute Gasteiger partial charge is 0.455 e. The summed E-state index contributed by atoms with van der Waals surface area (Å²) >= 11 is 0. The average molecular weight is 809 g/mol. The second-order valence-corrected chi connectivity index (χ2v) is 15.3. The highest BCUT2D eigenvalue weighted by molar-refractivity contribution is 6.25. The van der Waals surface area contributed by atoms with Gasteiger partial charge in [0.1, 0.15) is 11.2 Å². The molecule has 0 aliphatic carbocycles. The summed E-state index contributed by atoms with van der Waals surface area (Å²) in [7, 11) is 0. The minimum absolute atomic E-state index is 0.689. The smallest absolute Gasteiger partial charge is 0.416 e. The molecule has 10 aromatic carbocycles. The van der Waals surface area contributed by atoms with Crippen molar-refractivity contribution in [1.29, 1.82) is 0 Å². The Morgan fingerprint density at radius 1 is 0.295 bits per heavy atom. The first kappa shape index (κ1) is 36.7. The molecule has 11 rings (SSSR count). The summed E-state index contributed by atoms with van der Waals surface area (Å²) in [5.74, 6) is 0. The van der Waals surface area contributed by atoms with Crippen LogP contribution in [0.3, 0.4) is 0 Å². The van der Waals surface area contributed by atoms with Crippen LogP contribution in [-0.2, 0) is 12.4 Å². The van der Waals surface area contributed by atoms with Crippen molar-refractivity contribution < 1.29 is 30.8 Å². The van der Waals surface area contributed by atoms with Gasteiger partial charge in [0, 0.05) is 21.9 Å². The van der Waals surface area contributed by atoms with Crippen LogP contribution in [0.15, 0.2) is 186 Å². The molecule has 1 nitrogen and oxygen atoms in total. The van der Waals surface area contributed by atoms with E-state index in [1.807, 2.05) is 84.9 Å². The van der Waals surface area contributed by atoms with Gasteiger partial charge in [-0.2, -0.15) is 26.3 Å². The lowest BCUT2D eigenvalue weighted by Crippen LogP contribution is -2.04. The van der Waals surface area contributed by atoms with Gasteiger partial charge < -0.3 is 4.42 Å². The summed E-state index contributed by atoms with van der Waals surface area (Å²) < 4.78 is 88.2. The lowest BCUT2D eigenvalue weighted by molar-refractivity contribution is -0.138. The molecule has 0 bridgehead atoms. The lowest BCUT2D eigenvalue weighted by Gasteiger charge is -2.18. The normalized spacial score (nSPS) is 12.4. The van der Waals surface area contributed by atoms with Crippen LogP contribution in [0.25, 0.3) is 110 Å². The first-order chi connectivity index (χ1) is 29.5. The van der Waals surface area contributed by atoms with Crippen molar-refractivity contribution in [2.45, 2.75) is 12.4 Å². The molecule has 0 saturated carbocycles. The van der Waals surface area contributed by atoms with E-state index in [-0.39, 0.29) is 0 Å². The quantitative estimate of drug-likeness (QED) is 0.128. The molecule has 0 aliphatic heterocycles. The summed E-state index contributed by atoms with van der Waals surface area (Å²) in [4.78, 5) is 0. The number of furan rings is 1. The maximum Gasteiger partial charge on any atom is 0.416 e. The topological polar surface area (TPSA) is 13.1 Å². The van der Waals surface area contributed by atoms with Crippen LogP contribution >= 0.6 is 0 Å². The van der Waals surface area contributed by atoms with Gasteiger partial charge >= 0.3 is 12.4 Å². The molecule has 0 saturated heterocycles. The zero-order valence-electron chi connectivity index (χ0n) is 32.0. The molecular formula is C54H30F6O. The second-order valence-electron chi connectivity index (χ2n) is 15.3. The molecule has 0 unspecified atom stereocenters. The van der Waals surface area contributed by atoms with Crippen molar-refractivity contribution in [3.63, 3.8) is 0 Å². The van der Waals surface area contributed by atoms with Crippen molar-refractivity contribution in [2.75, 3.05) is 0 Å². The van der Waals surface area contributed by atoms with E-state index in [4.69, 9.17) is 4.42 Å². The molecular weight excluding hydrogens is 779 g/mol. The number of benzene rings is 10. The van der Waals surface area contributed by atoms with Crippen LogP contribution in [0.5, 0.6) is 0 Å². The highest BCUT2D eigenvalue weighted by Crippen LogP contribution is 2.49. The van der Waals surface area contributed by atoms with Crippen LogP contribution in [-0.4, -0.2) is 0 Å². The number of fused-ring (bicyclic) bond motifs is 7. The predicted octanol–water partition coefficient (Wildman–Crippen LogP) is 16.9. The molecule has 0 radical (unpaired) electrons. The first-order valence-electron chi connectivity index (χ1n) is 19.7. The number of alkyl halides is 6. The molecule has 0 spiro atoms. The van der Waals surface area contributed by atoms with E-state index in [0.717, 1.165) is 112 Å². The molecule has 0 N–H and O–H groups in total. The SMILES string of the molecule is FC(F)(F)c1ccc(-c2c3ccccc3c(-c3ccc4oc5c(-c6c7ccccc7c(-c7ccc(C(F)(F)F)cc7)c7ccccc67)cccc5c4c3)c3ccccc23)cc1. The molecule has 0 atom stereocenters. The Morgan fingerprint density at radius 3 is 1.03 bits per heavy atom. The van der Waals surface area contributed by atoms with Gasteiger partial charge in [-0.3, -0.25) is 0 Å². The fraction of sp³-hybridized carbons (Fsp3) is 0.0370. The number of para-hydroxylation sites is 1. The van der Waals surface area contributed by atoms with Gasteiger partial charge in [-0.25, -0.2) is 0 Å². The van der Waals surface area contributed by atoms with Crippen molar-refractivity contribution in [3.05, 3.63) is 193 Å². The summed E-state index contributed by atoms with van der Waals surface area (Å²) in [6.45, 7) is 0. The van der Waals surface area contributed by atoms with E-state index in [9.17, 15) is 26.3 Å². The molecule has 1 heterocycles. The number of hydrogen-bond donors (Lipinski definition) is 0. The molecule has 1 aromatic heterocycles. The Bertz CT molecular complexity index is 3430. The monoisotopic (exact) mass is 808 g/mol. The van der Waals surface area contributed by atoms with E-state index in [2.05, 4.69) is 48.5 Å². The van der Waals surface area contributed by atoms with Crippen LogP contribution in [0.4, 0.5) is 26.3 Å². The summed E-state index contributed by atoms with van der Waals surface area (Å²) in [6, 6.07) is 55.1. The Kier molecular flexibility index (Phi) is 8.16. The van der Waals surface area contributed by atoms with Crippen molar-refractivity contribution in [3.8, 4) is 44.5 Å². The Balaban J connectivity index is 1.12. The molecule has 294 valence electrons. The van der Waals surface area contributed by atoms with E-state index in [0.29, 0.717) is 22.3 Å². The van der Waals surface area contributed by atoms with Gasteiger partial charge in [-0.15, -0.1) is 0 Å². The standard InChI is InChI=1S/C54H30F6O/c55-53(56,57)34-25-20-31(21-26-34)48-36-10-1-3-12-38(36)50(39-13-4-2-11-37(39)48)33-24-29-47-46(30-33)44-18-9-19-45(52(44)61-47)51-42-16-7-5-14-40(42)49(41-15-6-8-17-43(41)51)32-22-27-35(28-23-32)54(58,59)60/h1-30H. The maximum atomic E-state index is 13.6. The second kappa shape index (κ2) is 13.6. The molecule has 11 aromatic rings. The minimum Gasteiger partial charge on any atom is -0.455 e. The fourth-order valence-corrected chi connectivity index (χ4v) is 9.28. The van der Waals surface area contributed by atoms with Crippen molar-refractivity contribution in [2.24, 2.45) is 0 Å². The minimum atomic E-state index is -4.44. The van der Waals surface area contributed by atoms with Gasteiger partial charge in [-0.1, -0.05) is 146 Å². The van der Waals surface area contributed by atoms with E-state index < -0.39 is 23.5 Å². The number of hydrogen-bond acceptors (Lipinski definition) is 1. The van der Waals surface area contributed by atoms with Gasteiger partial charge in [0.15, 0.2) is 0 Å². The number of halogens is 6. The van der Waals surface area contributed by atoms with E-state index in [1.165, 1.54) is 0 Å². The van der Waals surface area contributed by atoms with Crippen LogP contribution in [0, 0.1) is 0 Å². The molecule has 0 aliphatic rings. The third-order valence-corrected chi connectivity index (χ3v) is 11.9. The fourth-order valence-electron chi connectivity index (χ4n) is 9.28. The first-order valence-corrected chi connectivity index (χ1v) is 19.7. The van der Waals surface area contributed by atoms with Crippen LogP contribution in [0.1, 0.15) is 11.1 Å². The maximum absolute atomic E-state index is 13.6. The van der Waals surface area contributed by atoms with Crippen LogP contribution < -0.4 is 0 Å². The van der Waals surface area contributed by atoms with Gasteiger partial charge in [-0.05, 0) is 113 Å². The average Bonchev–Trinajstić information content (AvgIpc) is 3.65. The predicted molar refractivity (Wildman–Crippen MR) is 235 cm³/mol. The Hall–Kier alpha value is -7.38. The molecule has 0 fully saturated rings. The number of rotatable bonds is 4. The highest BCUT2D eigenvalue weighted by Gasteiger charge is 2.31. The van der Waals surface area contributed by atoms with E-state index >= 15 is 0 Å². The van der Waals surface area contributed by atoms with Crippen molar-refractivity contribution >= 4 is 65.0 Å². The zero-order chi connectivity index (χ0) is 41.6. The van der Waals surface area contributed by atoms with Gasteiger partial charge in [0.2, 0.25) is 0 Å². The summed E-state index contributed by atoms with van der Waals surface area (Å²) in [5, 5.41) is 9.32. The third-order valence-electron chi connectivity index (χ3n) is 11.9.